The van der Waals surface area contributed by atoms with Crippen molar-refractivity contribution in [2.45, 2.75) is 78.6 Å². The molecule has 0 amide bonds. The second-order valence-corrected chi connectivity index (χ2v) is 16.5. The van der Waals surface area contributed by atoms with E-state index >= 15 is 0 Å². The normalized spacial score (nSPS) is 32.5. The largest absolute Gasteiger partial charge is 0.369 e. The summed E-state index contributed by atoms with van der Waals surface area (Å²) in [5, 5.41) is 0. The van der Waals surface area contributed by atoms with E-state index in [9.17, 15) is 13.2 Å². The van der Waals surface area contributed by atoms with Crippen molar-refractivity contribution in [3.63, 3.8) is 0 Å². The summed E-state index contributed by atoms with van der Waals surface area (Å²) in [6.07, 6.45) is 10.5. The molecule has 0 N–H and O–H groups in total. The predicted octanol–water partition coefficient (Wildman–Crippen LogP) is 6.33. The summed E-state index contributed by atoms with van der Waals surface area (Å²) in [5.41, 5.74) is 7.18. The van der Waals surface area contributed by atoms with E-state index in [4.69, 9.17) is 0 Å². The summed E-state index contributed by atoms with van der Waals surface area (Å²) in [6, 6.07) is 9.15. The molecule has 5 nitrogen and oxygen atoms in total. The van der Waals surface area contributed by atoms with Gasteiger partial charge >= 0.3 is 0 Å². The first-order valence-corrected chi connectivity index (χ1v) is 17.5. The van der Waals surface area contributed by atoms with Gasteiger partial charge in [-0.25, -0.2) is 8.42 Å². The van der Waals surface area contributed by atoms with Crippen molar-refractivity contribution >= 4 is 21.5 Å². The van der Waals surface area contributed by atoms with Crippen molar-refractivity contribution in [3.8, 4) is 11.8 Å². The van der Waals surface area contributed by atoms with Crippen LogP contribution in [0.3, 0.4) is 0 Å². The highest BCUT2D eigenvalue weighted by Crippen LogP contribution is 2.65. The molecular weight excluding hydrogens is 528 g/mol. The number of carbonyl (C=O) groups is 1. The Kier molecular flexibility index (Phi) is 7.31. The first-order valence-electron chi connectivity index (χ1n) is 15.6. The van der Waals surface area contributed by atoms with Crippen LogP contribution < -0.4 is 4.90 Å². The number of carbonyl (C=O) groups excluding carboxylic acids is 1. The fourth-order valence-corrected chi connectivity index (χ4v) is 9.52. The van der Waals surface area contributed by atoms with E-state index in [1.54, 1.807) is 9.88 Å². The third-order valence-electron chi connectivity index (χ3n) is 10.7. The summed E-state index contributed by atoms with van der Waals surface area (Å²) in [5.74, 6) is 9.68. The molecule has 5 atom stereocenters. The maximum Gasteiger partial charge on any atom is 0.211 e. The molecule has 1 aliphatic heterocycles. The minimum absolute atomic E-state index is 0.0114. The van der Waals surface area contributed by atoms with Crippen LogP contribution in [0.4, 0.5) is 5.69 Å². The van der Waals surface area contributed by atoms with Crippen molar-refractivity contribution in [1.29, 1.82) is 0 Å². The summed E-state index contributed by atoms with van der Waals surface area (Å²) < 4.78 is 25.5. The van der Waals surface area contributed by atoms with Crippen LogP contribution in [0, 0.1) is 40.4 Å². The lowest BCUT2D eigenvalue weighted by Gasteiger charge is -2.52. The fraction of sp³-hybridized carbons (Fsp3) is 0.629. The second-order valence-electron chi connectivity index (χ2n) is 14.5. The van der Waals surface area contributed by atoms with Gasteiger partial charge in [-0.1, -0.05) is 36.5 Å². The van der Waals surface area contributed by atoms with Crippen molar-refractivity contribution in [1.82, 2.24) is 4.31 Å². The smallest absolute Gasteiger partial charge is 0.211 e. The van der Waals surface area contributed by atoms with Gasteiger partial charge in [0.1, 0.15) is 0 Å². The van der Waals surface area contributed by atoms with Gasteiger partial charge in [-0.05, 0) is 111 Å². The van der Waals surface area contributed by atoms with Gasteiger partial charge in [-0.2, -0.15) is 4.31 Å². The minimum atomic E-state index is -3.14. The van der Waals surface area contributed by atoms with Gasteiger partial charge in [-0.15, -0.1) is 0 Å². The Morgan fingerprint density at radius 2 is 1.66 bits per heavy atom. The molecule has 1 aromatic carbocycles. The Morgan fingerprint density at radius 1 is 0.951 bits per heavy atom. The number of ketones is 1. The van der Waals surface area contributed by atoms with E-state index in [0.29, 0.717) is 62.1 Å². The molecule has 6 rings (SSSR count). The van der Waals surface area contributed by atoms with Gasteiger partial charge in [0.25, 0.3) is 0 Å². The number of anilines is 1. The zero-order valence-electron chi connectivity index (χ0n) is 25.5. The molecule has 0 aromatic heterocycles. The van der Waals surface area contributed by atoms with Gasteiger partial charge in [0.15, 0.2) is 5.78 Å². The van der Waals surface area contributed by atoms with Crippen LogP contribution >= 0.6 is 0 Å². The standard InChI is InChI=1S/C35H46N2O3S/c1-34(2,3)17-16-26-9-15-32-30-13-8-25-22-28(38)12-14-29(25)33(30)31(23-35(26,32)4)24-6-10-27(11-7-24)36-18-20-37(21-19-36)41(5,39)40/h6-7,10-11,22,26,30-32H,8-9,12-15,18-21,23H2,1-5H3/t26-,30-,31+,32-,35+/m0/s1. The van der Waals surface area contributed by atoms with Gasteiger partial charge in [0.05, 0.1) is 6.26 Å². The molecule has 3 fully saturated rings. The Labute approximate surface area is 247 Å². The maximum atomic E-state index is 12.4. The highest BCUT2D eigenvalue weighted by Gasteiger charge is 2.56. The van der Waals surface area contributed by atoms with Crippen LogP contribution in [0.15, 0.2) is 47.1 Å². The third-order valence-corrected chi connectivity index (χ3v) is 12.0. The third kappa shape index (κ3) is 5.45. The zero-order chi connectivity index (χ0) is 29.2. The number of nitrogens with zero attached hydrogens (tertiary/aromatic N) is 2. The zero-order valence-corrected chi connectivity index (χ0v) is 26.3. The number of rotatable bonds is 3. The molecule has 0 unspecified atom stereocenters. The minimum Gasteiger partial charge on any atom is -0.369 e. The molecule has 4 aliphatic carbocycles. The van der Waals surface area contributed by atoms with Crippen molar-refractivity contribution < 1.29 is 13.2 Å². The van der Waals surface area contributed by atoms with Crippen molar-refractivity contribution in [2.24, 2.45) is 28.6 Å². The SMILES string of the molecule is CC(C)(C)C#C[C@@H]1CC[C@H]2[C@@H]3CCC4=CC(=O)CCC4=C3[C@@H](c3ccc(N4CCN(S(C)(=O)=O)CC4)cc3)C[C@]12C. The number of allylic oxidation sites excluding steroid dienone is 4. The molecule has 0 spiro atoms. The average Bonchev–Trinajstić information content (AvgIpc) is 3.26. The molecule has 220 valence electrons. The maximum absolute atomic E-state index is 12.4. The summed E-state index contributed by atoms with van der Waals surface area (Å²) >= 11 is 0. The number of piperazine rings is 1. The van der Waals surface area contributed by atoms with Crippen LogP contribution in [0.2, 0.25) is 0 Å². The van der Waals surface area contributed by atoms with E-state index in [0.717, 1.165) is 25.7 Å². The molecule has 1 aromatic rings. The van der Waals surface area contributed by atoms with E-state index in [1.165, 1.54) is 41.5 Å². The molecule has 2 saturated carbocycles. The summed E-state index contributed by atoms with van der Waals surface area (Å²) in [6.45, 7) is 11.7. The summed E-state index contributed by atoms with van der Waals surface area (Å²) in [4.78, 5) is 14.7. The molecule has 5 aliphatic rings. The molecule has 0 radical (unpaired) electrons. The lowest BCUT2D eigenvalue weighted by Crippen LogP contribution is -2.48. The first kappa shape index (κ1) is 28.7. The molecule has 0 bridgehead atoms. The van der Waals surface area contributed by atoms with Gasteiger partial charge < -0.3 is 4.90 Å². The highest BCUT2D eigenvalue weighted by molar-refractivity contribution is 7.88. The van der Waals surface area contributed by atoms with Crippen LogP contribution in [0.5, 0.6) is 0 Å². The number of benzene rings is 1. The Morgan fingerprint density at radius 3 is 2.32 bits per heavy atom. The molecule has 1 heterocycles. The van der Waals surface area contributed by atoms with Crippen LogP contribution in [-0.2, 0) is 14.8 Å². The predicted molar refractivity (Wildman–Crippen MR) is 166 cm³/mol. The highest BCUT2D eigenvalue weighted by atomic mass is 32.2. The number of sulfonamides is 1. The average molecular weight is 575 g/mol. The van der Waals surface area contributed by atoms with Crippen LogP contribution in [0.1, 0.15) is 84.1 Å². The van der Waals surface area contributed by atoms with E-state index < -0.39 is 10.0 Å². The van der Waals surface area contributed by atoms with E-state index in [1.807, 2.05) is 6.08 Å². The topological polar surface area (TPSA) is 57.7 Å². The van der Waals surface area contributed by atoms with Gasteiger partial charge in [-0.3, -0.25) is 4.79 Å². The van der Waals surface area contributed by atoms with Crippen LogP contribution in [-0.4, -0.2) is 50.9 Å². The monoisotopic (exact) mass is 574 g/mol. The number of hydrogen-bond acceptors (Lipinski definition) is 4. The Hall–Kier alpha value is -2.36. The van der Waals surface area contributed by atoms with Gasteiger partial charge in [0, 0.05) is 55.5 Å². The quantitative estimate of drug-likeness (QED) is 0.396. The van der Waals surface area contributed by atoms with Crippen molar-refractivity contribution in [3.05, 3.63) is 52.6 Å². The molecular formula is C35H46N2O3S. The molecule has 6 heteroatoms. The molecule has 1 saturated heterocycles. The van der Waals surface area contributed by atoms with E-state index in [-0.39, 0.29) is 10.8 Å². The fourth-order valence-electron chi connectivity index (χ4n) is 8.69. The first-order chi connectivity index (χ1) is 19.3. The Bertz CT molecular complexity index is 1440. The lowest BCUT2D eigenvalue weighted by atomic mass is 9.52. The Balaban J connectivity index is 1.34. The van der Waals surface area contributed by atoms with E-state index in [2.05, 4.69) is 68.7 Å². The van der Waals surface area contributed by atoms with Crippen molar-refractivity contribution in [2.75, 3.05) is 37.3 Å². The lowest BCUT2D eigenvalue weighted by molar-refractivity contribution is -0.114. The molecule has 41 heavy (non-hydrogen) atoms. The second kappa shape index (κ2) is 10.4. The van der Waals surface area contributed by atoms with Gasteiger partial charge in [0.2, 0.25) is 10.0 Å². The van der Waals surface area contributed by atoms with Crippen LogP contribution in [0.25, 0.3) is 0 Å². The number of fused-ring (bicyclic) bond motifs is 4. The number of hydrogen-bond donors (Lipinski definition) is 0. The summed E-state index contributed by atoms with van der Waals surface area (Å²) in [7, 11) is -3.14.